The van der Waals surface area contributed by atoms with Crippen molar-refractivity contribution in [2.24, 2.45) is 0 Å². The van der Waals surface area contributed by atoms with Gasteiger partial charge in [0.1, 0.15) is 18.9 Å². The summed E-state index contributed by atoms with van der Waals surface area (Å²) in [6.07, 6.45) is 0.786. The highest BCUT2D eigenvalue weighted by Gasteiger charge is 2.33. The van der Waals surface area contributed by atoms with Gasteiger partial charge < -0.3 is 19.3 Å². The van der Waals surface area contributed by atoms with Gasteiger partial charge >= 0.3 is 0 Å². The van der Waals surface area contributed by atoms with Crippen LogP contribution in [0.25, 0.3) is 0 Å². The molecule has 35 heavy (non-hydrogen) atoms. The summed E-state index contributed by atoms with van der Waals surface area (Å²) in [5, 5.41) is 2.69. The third-order valence-electron chi connectivity index (χ3n) is 5.89. The zero-order valence-electron chi connectivity index (χ0n) is 19.3. The van der Waals surface area contributed by atoms with Gasteiger partial charge in [0.2, 0.25) is 5.91 Å². The standard InChI is InChI=1S/C26H26BrClN2O4S/c1-33-13-12-29(26(32)18-3-2-4-19(27)15-18)16-25(31)30-11-9-24-22(10-14-35-24)23(30)17-34-21-7-5-20(28)6-8-21/h2-8,10,14-15,23H,9,11-13,16-17H2,1H3. The molecule has 1 atom stereocenters. The van der Waals surface area contributed by atoms with Gasteiger partial charge in [0, 0.05) is 40.1 Å². The zero-order chi connectivity index (χ0) is 24.8. The van der Waals surface area contributed by atoms with Crippen molar-refractivity contribution in [2.45, 2.75) is 12.5 Å². The van der Waals surface area contributed by atoms with Crippen molar-refractivity contribution in [1.82, 2.24) is 9.80 Å². The first-order valence-corrected chi connectivity index (χ1v) is 13.3. The minimum Gasteiger partial charge on any atom is -0.491 e. The van der Waals surface area contributed by atoms with Crippen LogP contribution in [0.3, 0.4) is 0 Å². The molecule has 3 aromatic rings. The summed E-state index contributed by atoms with van der Waals surface area (Å²) in [5.41, 5.74) is 1.62. The van der Waals surface area contributed by atoms with Gasteiger partial charge in [-0.25, -0.2) is 0 Å². The largest absolute Gasteiger partial charge is 0.491 e. The highest BCUT2D eigenvalue weighted by Crippen LogP contribution is 2.34. The fraction of sp³-hybridized carbons (Fsp3) is 0.308. The third kappa shape index (κ3) is 6.44. The summed E-state index contributed by atoms with van der Waals surface area (Å²) in [5.74, 6) is 0.362. The molecular formula is C26H26BrClN2O4S. The normalized spacial score (nSPS) is 14.9. The number of hydrogen-bond acceptors (Lipinski definition) is 5. The maximum Gasteiger partial charge on any atom is 0.254 e. The van der Waals surface area contributed by atoms with Crippen LogP contribution >= 0.6 is 38.9 Å². The van der Waals surface area contributed by atoms with Gasteiger partial charge in [-0.05, 0) is 65.9 Å². The Balaban J connectivity index is 1.52. The van der Waals surface area contributed by atoms with Crippen molar-refractivity contribution in [1.29, 1.82) is 0 Å². The predicted octanol–water partition coefficient (Wildman–Crippen LogP) is 5.46. The summed E-state index contributed by atoms with van der Waals surface area (Å²) in [4.78, 5) is 31.5. The summed E-state index contributed by atoms with van der Waals surface area (Å²) in [6.45, 7) is 1.51. The molecule has 0 bridgehead atoms. The van der Waals surface area contributed by atoms with Gasteiger partial charge in [-0.2, -0.15) is 0 Å². The third-order valence-corrected chi connectivity index (χ3v) is 7.63. The molecule has 2 heterocycles. The fourth-order valence-electron chi connectivity index (χ4n) is 4.09. The average molecular weight is 578 g/mol. The van der Waals surface area contributed by atoms with Gasteiger partial charge in [0.25, 0.3) is 5.91 Å². The van der Waals surface area contributed by atoms with Crippen LogP contribution in [0.4, 0.5) is 0 Å². The monoisotopic (exact) mass is 576 g/mol. The molecule has 0 fully saturated rings. The van der Waals surface area contributed by atoms with E-state index in [0.717, 1.165) is 16.5 Å². The van der Waals surface area contributed by atoms with E-state index in [4.69, 9.17) is 21.1 Å². The van der Waals surface area contributed by atoms with Crippen molar-refractivity contribution in [2.75, 3.05) is 40.0 Å². The lowest BCUT2D eigenvalue weighted by molar-refractivity contribution is -0.135. The Kier molecular flexibility index (Phi) is 8.83. The molecule has 9 heteroatoms. The van der Waals surface area contributed by atoms with E-state index in [1.165, 1.54) is 4.88 Å². The molecule has 2 amide bonds. The molecule has 0 saturated carbocycles. The van der Waals surface area contributed by atoms with Crippen LogP contribution in [-0.2, 0) is 16.0 Å². The summed E-state index contributed by atoms with van der Waals surface area (Å²) < 4.78 is 12.1. The van der Waals surface area contributed by atoms with Crippen LogP contribution in [0.15, 0.2) is 64.5 Å². The van der Waals surface area contributed by atoms with Gasteiger partial charge in [0.15, 0.2) is 0 Å². The number of benzene rings is 2. The Morgan fingerprint density at radius 1 is 1.20 bits per heavy atom. The zero-order valence-corrected chi connectivity index (χ0v) is 22.4. The van der Waals surface area contributed by atoms with Crippen molar-refractivity contribution < 1.29 is 19.1 Å². The summed E-state index contributed by atoms with van der Waals surface area (Å²) in [6, 6.07) is 16.2. The smallest absolute Gasteiger partial charge is 0.254 e. The average Bonchev–Trinajstić information content (AvgIpc) is 3.34. The molecule has 0 spiro atoms. The molecule has 0 aliphatic carbocycles. The Labute approximate surface area is 222 Å². The van der Waals surface area contributed by atoms with Crippen LogP contribution in [0.1, 0.15) is 26.8 Å². The first kappa shape index (κ1) is 25.7. The topological polar surface area (TPSA) is 59.1 Å². The molecule has 1 aliphatic heterocycles. The lowest BCUT2D eigenvalue weighted by Gasteiger charge is -2.37. The molecule has 0 radical (unpaired) electrons. The molecule has 1 aromatic heterocycles. The molecule has 6 nitrogen and oxygen atoms in total. The van der Waals surface area contributed by atoms with Crippen molar-refractivity contribution in [3.63, 3.8) is 0 Å². The number of methoxy groups -OCH3 is 1. The Bertz CT molecular complexity index is 1170. The van der Waals surface area contributed by atoms with Gasteiger partial charge in [0.05, 0.1) is 12.6 Å². The van der Waals surface area contributed by atoms with Gasteiger partial charge in [-0.15, -0.1) is 11.3 Å². The van der Waals surface area contributed by atoms with E-state index in [1.54, 1.807) is 53.7 Å². The molecule has 0 N–H and O–H groups in total. The molecule has 184 valence electrons. The number of fused-ring (bicyclic) bond motifs is 1. The van der Waals surface area contributed by atoms with E-state index in [2.05, 4.69) is 27.4 Å². The number of carbonyl (C=O) groups is 2. The van der Waals surface area contributed by atoms with Crippen molar-refractivity contribution in [3.05, 3.63) is 85.5 Å². The molecule has 1 aliphatic rings. The number of nitrogens with zero attached hydrogens (tertiary/aromatic N) is 2. The lowest BCUT2D eigenvalue weighted by atomic mass is 10.0. The maximum atomic E-state index is 13.6. The minimum absolute atomic E-state index is 0.0361. The number of rotatable bonds is 9. The number of ether oxygens (including phenoxy) is 2. The van der Waals surface area contributed by atoms with E-state index in [-0.39, 0.29) is 24.4 Å². The van der Waals surface area contributed by atoms with Crippen molar-refractivity contribution in [3.8, 4) is 5.75 Å². The van der Waals surface area contributed by atoms with Crippen LogP contribution in [0.2, 0.25) is 5.02 Å². The van der Waals surface area contributed by atoms with Crippen LogP contribution in [-0.4, -0.2) is 61.6 Å². The fourth-order valence-corrected chi connectivity index (χ4v) is 5.55. The summed E-state index contributed by atoms with van der Waals surface area (Å²) >= 11 is 11.1. The van der Waals surface area contributed by atoms with E-state index in [0.29, 0.717) is 42.6 Å². The van der Waals surface area contributed by atoms with Crippen LogP contribution in [0, 0.1) is 0 Å². The second kappa shape index (κ2) is 12.0. The number of carbonyl (C=O) groups excluding carboxylic acids is 2. The molecule has 0 saturated heterocycles. The molecular weight excluding hydrogens is 552 g/mol. The highest BCUT2D eigenvalue weighted by atomic mass is 79.9. The quantitative estimate of drug-likeness (QED) is 0.339. The Morgan fingerprint density at radius 2 is 2.00 bits per heavy atom. The minimum atomic E-state index is -0.238. The van der Waals surface area contributed by atoms with E-state index in [1.807, 2.05) is 23.1 Å². The lowest BCUT2D eigenvalue weighted by Crippen LogP contribution is -2.48. The SMILES string of the molecule is COCCN(CC(=O)N1CCc2sccc2C1COc1ccc(Cl)cc1)C(=O)c1cccc(Br)c1. The first-order chi connectivity index (χ1) is 17.0. The van der Waals surface area contributed by atoms with Gasteiger partial charge in [-0.1, -0.05) is 33.6 Å². The second-order valence-electron chi connectivity index (χ2n) is 8.15. The number of thiophene rings is 1. The first-order valence-electron chi connectivity index (χ1n) is 11.2. The number of amides is 2. The van der Waals surface area contributed by atoms with Crippen molar-refractivity contribution >= 4 is 50.7 Å². The Hall–Kier alpha value is -2.39. The number of halogens is 2. The second-order valence-corrected chi connectivity index (χ2v) is 10.5. The van der Waals surface area contributed by atoms with Gasteiger partial charge in [-0.3, -0.25) is 9.59 Å². The summed E-state index contributed by atoms with van der Waals surface area (Å²) in [7, 11) is 1.58. The molecule has 4 rings (SSSR count). The van der Waals surface area contributed by atoms with E-state index in [9.17, 15) is 9.59 Å². The molecule has 2 aromatic carbocycles. The highest BCUT2D eigenvalue weighted by molar-refractivity contribution is 9.10. The number of hydrogen-bond donors (Lipinski definition) is 0. The van der Waals surface area contributed by atoms with E-state index >= 15 is 0 Å². The Morgan fingerprint density at radius 3 is 2.74 bits per heavy atom. The maximum absolute atomic E-state index is 13.6. The van der Waals surface area contributed by atoms with Crippen LogP contribution in [0.5, 0.6) is 5.75 Å². The molecule has 1 unspecified atom stereocenters. The predicted molar refractivity (Wildman–Crippen MR) is 141 cm³/mol. The van der Waals surface area contributed by atoms with E-state index < -0.39 is 0 Å². The van der Waals surface area contributed by atoms with Crippen LogP contribution < -0.4 is 4.74 Å².